The summed E-state index contributed by atoms with van der Waals surface area (Å²) < 4.78 is 37.9. The van der Waals surface area contributed by atoms with E-state index in [2.05, 4.69) is 20.8 Å². The first-order chi connectivity index (χ1) is 10.8. The molecule has 0 bridgehead atoms. The van der Waals surface area contributed by atoms with Gasteiger partial charge in [-0.15, -0.1) is 10.2 Å². The molecule has 0 radical (unpaired) electrons. The predicted octanol–water partition coefficient (Wildman–Crippen LogP) is 3.57. The summed E-state index contributed by atoms with van der Waals surface area (Å²) in [6.45, 7) is 3.85. The molecule has 1 heterocycles. The average Bonchev–Trinajstić information content (AvgIpc) is 2.46. The third-order valence-electron chi connectivity index (χ3n) is 2.78. The molecule has 2 rings (SSSR count). The number of carbonyl (C=O) groups excluding carboxylic acids is 1. The van der Waals surface area contributed by atoms with Gasteiger partial charge in [0, 0.05) is 11.7 Å². The molecule has 0 unspecified atom stereocenters. The second kappa shape index (κ2) is 6.64. The van der Waals surface area contributed by atoms with E-state index in [1.165, 1.54) is 18.2 Å². The smallest absolute Gasteiger partial charge is 0.366 e. The monoisotopic (exact) mass is 324 g/mol. The summed E-state index contributed by atoms with van der Waals surface area (Å²) in [5.41, 5.74) is -0.786. The van der Waals surface area contributed by atoms with Crippen molar-refractivity contribution in [1.82, 2.24) is 10.2 Å². The molecule has 1 aromatic carbocycles. The zero-order valence-electron chi connectivity index (χ0n) is 12.5. The van der Waals surface area contributed by atoms with E-state index in [4.69, 9.17) is 0 Å². The standard InChI is InChI=1S/C15H15F3N4O/c1-9(2)19-13-7-6-12(21-22-13)14(23)20-11-5-3-4-10(8-11)15(16,17)18/h3-9H,1-2H3,(H,19,22)(H,20,23). The molecule has 2 aromatic rings. The Morgan fingerprint density at radius 3 is 2.43 bits per heavy atom. The SMILES string of the molecule is CC(C)Nc1ccc(C(=O)Nc2cccc(C(F)(F)F)c2)nn1. The number of rotatable bonds is 4. The maximum atomic E-state index is 12.6. The van der Waals surface area contributed by atoms with Crippen LogP contribution in [-0.2, 0) is 6.18 Å². The Kier molecular flexibility index (Phi) is 4.83. The number of nitrogens with zero attached hydrogens (tertiary/aromatic N) is 2. The maximum Gasteiger partial charge on any atom is 0.416 e. The van der Waals surface area contributed by atoms with Gasteiger partial charge in [0.05, 0.1) is 5.56 Å². The van der Waals surface area contributed by atoms with Crippen molar-refractivity contribution in [2.75, 3.05) is 10.6 Å². The molecule has 0 saturated heterocycles. The first kappa shape index (κ1) is 16.7. The molecule has 122 valence electrons. The highest BCUT2D eigenvalue weighted by Crippen LogP contribution is 2.30. The Balaban J connectivity index is 2.10. The van der Waals surface area contributed by atoms with Crippen LogP contribution in [0.3, 0.4) is 0 Å². The van der Waals surface area contributed by atoms with E-state index in [0.717, 1.165) is 12.1 Å². The van der Waals surface area contributed by atoms with Crippen molar-refractivity contribution >= 4 is 17.4 Å². The third kappa shape index (κ3) is 4.67. The number of benzene rings is 1. The molecule has 5 nitrogen and oxygen atoms in total. The first-order valence-electron chi connectivity index (χ1n) is 6.84. The molecule has 1 aromatic heterocycles. The maximum absolute atomic E-state index is 12.6. The minimum atomic E-state index is -4.47. The van der Waals surface area contributed by atoms with Crippen LogP contribution in [-0.4, -0.2) is 22.1 Å². The molecular formula is C15H15F3N4O. The van der Waals surface area contributed by atoms with E-state index < -0.39 is 17.6 Å². The lowest BCUT2D eigenvalue weighted by Crippen LogP contribution is -2.16. The van der Waals surface area contributed by atoms with E-state index in [1.807, 2.05) is 13.8 Å². The Bertz CT molecular complexity index is 684. The van der Waals surface area contributed by atoms with Gasteiger partial charge in [0.2, 0.25) is 0 Å². The number of aromatic nitrogens is 2. The Morgan fingerprint density at radius 1 is 1.13 bits per heavy atom. The number of carbonyl (C=O) groups is 1. The van der Waals surface area contributed by atoms with Crippen molar-refractivity contribution in [2.24, 2.45) is 0 Å². The minimum Gasteiger partial charge on any atom is -0.366 e. The number of nitrogens with one attached hydrogen (secondary N) is 2. The van der Waals surface area contributed by atoms with Gasteiger partial charge in [0.1, 0.15) is 5.82 Å². The van der Waals surface area contributed by atoms with Gasteiger partial charge in [0.15, 0.2) is 5.69 Å². The van der Waals surface area contributed by atoms with Crippen molar-refractivity contribution in [3.63, 3.8) is 0 Å². The zero-order chi connectivity index (χ0) is 17.0. The van der Waals surface area contributed by atoms with Crippen LogP contribution in [0.5, 0.6) is 0 Å². The molecule has 0 aliphatic rings. The molecule has 0 atom stereocenters. The molecule has 23 heavy (non-hydrogen) atoms. The third-order valence-corrected chi connectivity index (χ3v) is 2.78. The molecule has 0 aliphatic carbocycles. The van der Waals surface area contributed by atoms with Gasteiger partial charge >= 0.3 is 6.18 Å². The highest BCUT2D eigenvalue weighted by atomic mass is 19.4. The molecule has 0 spiro atoms. The molecule has 8 heteroatoms. The summed E-state index contributed by atoms with van der Waals surface area (Å²) in [6.07, 6.45) is -4.47. The average molecular weight is 324 g/mol. The molecule has 1 amide bonds. The largest absolute Gasteiger partial charge is 0.416 e. The van der Waals surface area contributed by atoms with Crippen molar-refractivity contribution in [2.45, 2.75) is 26.1 Å². The molecule has 0 fully saturated rings. The lowest BCUT2D eigenvalue weighted by atomic mass is 10.2. The van der Waals surface area contributed by atoms with Crippen molar-refractivity contribution in [1.29, 1.82) is 0 Å². The number of hydrogen-bond acceptors (Lipinski definition) is 4. The fraction of sp³-hybridized carbons (Fsp3) is 0.267. The van der Waals surface area contributed by atoms with Crippen molar-refractivity contribution < 1.29 is 18.0 Å². The highest BCUT2D eigenvalue weighted by Gasteiger charge is 2.30. The summed E-state index contributed by atoms with van der Waals surface area (Å²) in [7, 11) is 0. The van der Waals surface area contributed by atoms with Crippen molar-refractivity contribution in [3.05, 3.63) is 47.7 Å². The van der Waals surface area contributed by atoms with E-state index in [9.17, 15) is 18.0 Å². The Labute approximate surface area is 130 Å². The fourth-order valence-electron chi connectivity index (χ4n) is 1.79. The summed E-state index contributed by atoms with van der Waals surface area (Å²) in [5, 5.41) is 13.0. The topological polar surface area (TPSA) is 66.9 Å². The molecule has 2 N–H and O–H groups in total. The molecule has 0 aliphatic heterocycles. The van der Waals surface area contributed by atoms with E-state index >= 15 is 0 Å². The van der Waals surface area contributed by atoms with Crippen LogP contribution in [0, 0.1) is 0 Å². The van der Waals surface area contributed by atoms with E-state index in [0.29, 0.717) is 5.82 Å². The summed E-state index contributed by atoms with van der Waals surface area (Å²) >= 11 is 0. The fourth-order valence-corrected chi connectivity index (χ4v) is 1.79. The summed E-state index contributed by atoms with van der Waals surface area (Å²) in [5.74, 6) is -0.122. The zero-order valence-corrected chi connectivity index (χ0v) is 12.5. The highest BCUT2D eigenvalue weighted by molar-refractivity contribution is 6.02. The Hall–Kier alpha value is -2.64. The summed E-state index contributed by atoms with van der Waals surface area (Å²) in [6, 6.07) is 7.57. The number of halogens is 3. The van der Waals surface area contributed by atoms with E-state index in [-0.39, 0.29) is 17.4 Å². The van der Waals surface area contributed by atoms with Crippen LogP contribution >= 0.6 is 0 Å². The number of hydrogen-bond donors (Lipinski definition) is 2. The van der Waals surface area contributed by atoms with Crippen molar-refractivity contribution in [3.8, 4) is 0 Å². The van der Waals surface area contributed by atoms with Crippen LogP contribution < -0.4 is 10.6 Å². The quantitative estimate of drug-likeness (QED) is 0.902. The van der Waals surface area contributed by atoms with Crippen LogP contribution in [0.2, 0.25) is 0 Å². The predicted molar refractivity (Wildman–Crippen MR) is 80.2 cm³/mol. The summed E-state index contributed by atoms with van der Waals surface area (Å²) in [4.78, 5) is 12.0. The second-order valence-electron chi connectivity index (χ2n) is 5.14. The number of anilines is 2. The van der Waals surface area contributed by atoms with Gasteiger partial charge < -0.3 is 10.6 Å². The molecular weight excluding hydrogens is 309 g/mol. The van der Waals surface area contributed by atoms with Crippen LogP contribution in [0.1, 0.15) is 29.9 Å². The number of amides is 1. The van der Waals surface area contributed by atoms with Gasteiger partial charge in [0.25, 0.3) is 5.91 Å². The lowest BCUT2D eigenvalue weighted by Gasteiger charge is -2.10. The van der Waals surface area contributed by atoms with Gasteiger partial charge in [-0.3, -0.25) is 4.79 Å². The first-order valence-corrected chi connectivity index (χ1v) is 6.84. The van der Waals surface area contributed by atoms with Crippen LogP contribution in [0.15, 0.2) is 36.4 Å². The molecule has 0 saturated carbocycles. The van der Waals surface area contributed by atoms with Gasteiger partial charge in [-0.05, 0) is 44.2 Å². The van der Waals surface area contributed by atoms with Crippen LogP contribution in [0.4, 0.5) is 24.7 Å². The minimum absolute atomic E-state index is 0.0108. The van der Waals surface area contributed by atoms with Gasteiger partial charge in [-0.1, -0.05) is 6.07 Å². The Morgan fingerprint density at radius 2 is 1.87 bits per heavy atom. The van der Waals surface area contributed by atoms with Gasteiger partial charge in [-0.25, -0.2) is 0 Å². The normalized spacial score (nSPS) is 11.4. The van der Waals surface area contributed by atoms with Crippen LogP contribution in [0.25, 0.3) is 0 Å². The van der Waals surface area contributed by atoms with Gasteiger partial charge in [-0.2, -0.15) is 13.2 Å². The van der Waals surface area contributed by atoms with E-state index in [1.54, 1.807) is 6.07 Å². The number of alkyl halides is 3. The lowest BCUT2D eigenvalue weighted by molar-refractivity contribution is -0.137. The second-order valence-corrected chi connectivity index (χ2v) is 5.14.